The van der Waals surface area contributed by atoms with Crippen LogP contribution in [0.15, 0.2) is 54.6 Å². The van der Waals surface area contributed by atoms with Crippen LogP contribution in [-0.2, 0) is 20.9 Å². The molecule has 0 saturated carbocycles. The Morgan fingerprint density at radius 1 is 1.14 bits per heavy atom. The van der Waals surface area contributed by atoms with Gasteiger partial charge in [0.1, 0.15) is 6.04 Å². The molecule has 3 N–H and O–H groups in total. The van der Waals surface area contributed by atoms with Gasteiger partial charge < -0.3 is 20.6 Å². The molecule has 2 aromatic carbocycles. The zero-order valence-corrected chi connectivity index (χ0v) is 22.5. The molecular formula is C28H32ClN3O4S. The zero-order chi connectivity index (χ0) is 26.4. The number of halogens is 1. The third-order valence-electron chi connectivity index (χ3n) is 8.26. The third kappa shape index (κ3) is 4.23. The van der Waals surface area contributed by atoms with Crippen molar-refractivity contribution in [3.63, 3.8) is 0 Å². The number of carbonyl (C=O) groups is 3. The van der Waals surface area contributed by atoms with Crippen LogP contribution >= 0.6 is 23.4 Å². The lowest BCUT2D eigenvalue weighted by atomic mass is 9.66. The van der Waals surface area contributed by atoms with Crippen LogP contribution in [0.3, 0.4) is 0 Å². The first-order chi connectivity index (χ1) is 17.8. The first-order valence-corrected chi connectivity index (χ1v) is 14.0. The van der Waals surface area contributed by atoms with E-state index in [4.69, 9.17) is 11.6 Å². The number of rotatable bonds is 8. The number of hydrogen-bond donors (Lipinski definition) is 3. The highest BCUT2D eigenvalue weighted by Gasteiger charge is 2.77. The maximum absolute atomic E-state index is 14.1. The summed E-state index contributed by atoms with van der Waals surface area (Å²) in [4.78, 5) is 43.3. The minimum Gasteiger partial charge on any atom is -0.394 e. The SMILES string of the molecule is CC[C@@H](CO)N1C(=O)[C@@H]2[C@H](C(=O)NCc3ccccc3)[C@]3(C)CCC2(S3)C1C(=O)Nc1ccccc1Cl. The Kier molecular flexibility index (Phi) is 7.02. The molecule has 9 heteroatoms. The summed E-state index contributed by atoms with van der Waals surface area (Å²) in [5.74, 6) is -1.94. The van der Waals surface area contributed by atoms with E-state index in [0.717, 1.165) is 12.0 Å². The minimum absolute atomic E-state index is 0.164. The molecule has 7 nitrogen and oxygen atoms in total. The van der Waals surface area contributed by atoms with Crippen LogP contribution < -0.4 is 10.6 Å². The highest BCUT2D eigenvalue weighted by molar-refractivity contribution is 8.02. The second-order valence-corrected chi connectivity index (χ2v) is 12.7. The lowest BCUT2D eigenvalue weighted by Crippen LogP contribution is -2.54. The average molecular weight is 542 g/mol. The van der Waals surface area contributed by atoms with Crippen molar-refractivity contribution in [2.75, 3.05) is 11.9 Å². The van der Waals surface area contributed by atoms with Crippen molar-refractivity contribution in [3.8, 4) is 0 Å². The fourth-order valence-electron chi connectivity index (χ4n) is 6.53. The van der Waals surface area contributed by atoms with Crippen molar-refractivity contribution in [2.45, 2.75) is 61.2 Å². The van der Waals surface area contributed by atoms with Gasteiger partial charge in [0.25, 0.3) is 0 Å². The molecule has 0 aromatic heterocycles. The van der Waals surface area contributed by atoms with Gasteiger partial charge in [-0.25, -0.2) is 0 Å². The van der Waals surface area contributed by atoms with Gasteiger partial charge >= 0.3 is 0 Å². The number of amides is 3. The Bertz CT molecular complexity index is 1210. The van der Waals surface area contributed by atoms with Crippen molar-refractivity contribution in [1.29, 1.82) is 0 Å². The predicted molar refractivity (Wildman–Crippen MR) is 145 cm³/mol. The van der Waals surface area contributed by atoms with Crippen molar-refractivity contribution in [1.82, 2.24) is 10.2 Å². The van der Waals surface area contributed by atoms with E-state index in [-0.39, 0.29) is 24.3 Å². The monoisotopic (exact) mass is 541 g/mol. The number of para-hydroxylation sites is 1. The van der Waals surface area contributed by atoms with E-state index in [1.807, 2.05) is 44.2 Å². The molecule has 2 bridgehead atoms. The van der Waals surface area contributed by atoms with Gasteiger partial charge in [0.05, 0.1) is 39.9 Å². The summed E-state index contributed by atoms with van der Waals surface area (Å²) in [5.41, 5.74) is 1.45. The van der Waals surface area contributed by atoms with Gasteiger partial charge in [0, 0.05) is 11.3 Å². The molecule has 2 unspecified atom stereocenters. The number of thioether (sulfide) groups is 1. The van der Waals surface area contributed by atoms with Crippen molar-refractivity contribution in [2.24, 2.45) is 11.8 Å². The molecule has 3 amide bonds. The van der Waals surface area contributed by atoms with Gasteiger partial charge in [-0.15, -0.1) is 11.8 Å². The molecule has 1 spiro atoms. The minimum atomic E-state index is -0.822. The lowest BCUT2D eigenvalue weighted by molar-refractivity contribution is -0.142. The van der Waals surface area contributed by atoms with Crippen LogP contribution in [0.5, 0.6) is 0 Å². The highest BCUT2D eigenvalue weighted by atomic mass is 35.5. The molecule has 0 aliphatic carbocycles. The number of carbonyl (C=O) groups excluding carboxylic acids is 3. The van der Waals surface area contributed by atoms with Crippen LogP contribution in [0, 0.1) is 11.8 Å². The van der Waals surface area contributed by atoms with E-state index in [9.17, 15) is 19.5 Å². The first kappa shape index (κ1) is 26.1. The standard InChI is InChI=1S/C28H32ClN3O4S/c1-3-18(16-33)32-23(25(35)31-20-12-8-7-11-19(20)29)28-14-13-27(2,37-28)21(22(28)26(32)36)24(34)30-15-17-9-5-4-6-10-17/h4-12,18,21-23,33H,3,13-16H2,1-2H3,(H,30,34)(H,31,35)/t18-,21+,22-,23?,27-,28?/m0/s1. The summed E-state index contributed by atoms with van der Waals surface area (Å²) in [6, 6.07) is 15.3. The summed E-state index contributed by atoms with van der Waals surface area (Å²) >= 11 is 7.93. The zero-order valence-electron chi connectivity index (χ0n) is 20.9. The van der Waals surface area contributed by atoms with E-state index in [2.05, 4.69) is 10.6 Å². The second kappa shape index (κ2) is 9.97. The number of benzene rings is 2. The molecule has 3 heterocycles. The van der Waals surface area contributed by atoms with Gasteiger partial charge in [0.2, 0.25) is 17.7 Å². The van der Waals surface area contributed by atoms with E-state index < -0.39 is 33.4 Å². The molecule has 6 atom stereocenters. The maximum atomic E-state index is 14.1. The Balaban J connectivity index is 1.49. The van der Waals surface area contributed by atoms with Crippen molar-refractivity contribution in [3.05, 3.63) is 65.2 Å². The summed E-state index contributed by atoms with van der Waals surface area (Å²) in [6.07, 6.45) is 1.87. The molecular weight excluding hydrogens is 510 g/mol. The number of aliphatic hydroxyl groups excluding tert-OH is 1. The average Bonchev–Trinajstić information content (AvgIpc) is 3.46. The topological polar surface area (TPSA) is 98.7 Å². The number of anilines is 1. The Morgan fingerprint density at radius 3 is 2.51 bits per heavy atom. The lowest BCUT2D eigenvalue weighted by Gasteiger charge is -2.36. The first-order valence-electron chi connectivity index (χ1n) is 12.8. The Hall–Kier alpha value is -2.55. The highest BCUT2D eigenvalue weighted by Crippen LogP contribution is 2.71. The van der Waals surface area contributed by atoms with E-state index in [0.29, 0.717) is 30.1 Å². The second-order valence-electron chi connectivity index (χ2n) is 10.4. The summed E-state index contributed by atoms with van der Waals surface area (Å²) in [6.45, 7) is 4.05. The van der Waals surface area contributed by atoms with Crippen LogP contribution in [-0.4, -0.2) is 55.9 Å². The quantitative estimate of drug-likeness (QED) is 0.471. The molecule has 3 aliphatic heterocycles. The molecule has 3 aliphatic rings. The predicted octanol–water partition coefficient (Wildman–Crippen LogP) is 3.85. The number of hydrogen-bond acceptors (Lipinski definition) is 5. The van der Waals surface area contributed by atoms with Crippen LogP contribution in [0.1, 0.15) is 38.7 Å². The largest absolute Gasteiger partial charge is 0.394 e. The van der Waals surface area contributed by atoms with Gasteiger partial charge in [-0.05, 0) is 43.9 Å². The Morgan fingerprint density at radius 2 is 1.84 bits per heavy atom. The summed E-state index contributed by atoms with van der Waals surface area (Å²) in [7, 11) is 0. The van der Waals surface area contributed by atoms with E-state index >= 15 is 0 Å². The van der Waals surface area contributed by atoms with Gasteiger partial charge in [0.15, 0.2) is 0 Å². The van der Waals surface area contributed by atoms with Gasteiger partial charge in [-0.2, -0.15) is 0 Å². The van der Waals surface area contributed by atoms with Crippen LogP contribution in [0.25, 0.3) is 0 Å². The molecule has 0 radical (unpaired) electrons. The molecule has 3 fully saturated rings. The van der Waals surface area contributed by atoms with Gasteiger partial charge in [-0.3, -0.25) is 14.4 Å². The smallest absolute Gasteiger partial charge is 0.248 e. The normalized spacial score (nSPS) is 30.8. The van der Waals surface area contributed by atoms with E-state index in [1.165, 1.54) is 0 Å². The van der Waals surface area contributed by atoms with E-state index in [1.54, 1.807) is 40.9 Å². The summed E-state index contributed by atoms with van der Waals surface area (Å²) in [5, 5.41) is 16.6. The van der Waals surface area contributed by atoms with Gasteiger partial charge in [-0.1, -0.05) is 61.0 Å². The summed E-state index contributed by atoms with van der Waals surface area (Å²) < 4.78 is -1.22. The molecule has 196 valence electrons. The fourth-order valence-corrected chi connectivity index (χ4v) is 9.06. The fraction of sp³-hybridized carbons (Fsp3) is 0.464. The van der Waals surface area contributed by atoms with Crippen LogP contribution in [0.2, 0.25) is 5.02 Å². The number of nitrogens with one attached hydrogen (secondary N) is 2. The van der Waals surface area contributed by atoms with Crippen molar-refractivity contribution >= 4 is 46.8 Å². The number of fused-ring (bicyclic) bond motifs is 1. The third-order valence-corrected chi connectivity index (χ3v) is 10.6. The molecule has 5 rings (SSSR count). The van der Waals surface area contributed by atoms with Crippen molar-refractivity contribution < 1.29 is 19.5 Å². The molecule has 3 saturated heterocycles. The molecule has 37 heavy (non-hydrogen) atoms. The van der Waals surface area contributed by atoms with Crippen LogP contribution in [0.4, 0.5) is 5.69 Å². The maximum Gasteiger partial charge on any atom is 0.248 e. The number of aliphatic hydroxyl groups is 1. The Labute approximate surface area is 226 Å². The number of nitrogens with zero attached hydrogens (tertiary/aromatic N) is 1. The number of likely N-dealkylation sites (tertiary alicyclic amines) is 1. The molecule has 2 aromatic rings.